The van der Waals surface area contributed by atoms with Crippen molar-refractivity contribution in [2.45, 2.75) is 64.1 Å². The molecule has 0 radical (unpaired) electrons. The van der Waals surface area contributed by atoms with E-state index in [9.17, 15) is 0 Å². The lowest BCUT2D eigenvalue weighted by Gasteiger charge is -2.47. The molecule has 0 N–H and O–H groups in total. The van der Waals surface area contributed by atoms with Gasteiger partial charge in [0.05, 0.1) is 12.7 Å². The maximum atomic E-state index is 6.39. The van der Waals surface area contributed by atoms with E-state index in [1.54, 1.807) is 0 Å². The summed E-state index contributed by atoms with van der Waals surface area (Å²) in [5, 5.41) is 0. The van der Waals surface area contributed by atoms with Crippen LogP contribution >= 0.6 is 0 Å². The van der Waals surface area contributed by atoms with E-state index in [1.165, 1.54) is 11.1 Å². The van der Waals surface area contributed by atoms with Crippen molar-refractivity contribution < 1.29 is 18.9 Å². The molecule has 0 aromatic heterocycles. The summed E-state index contributed by atoms with van der Waals surface area (Å²) in [7, 11) is 0. The SMILES string of the molecule is CC1(C)OC[C@@H]2C(CN3CCN(Cc4ccccc4)CC3)=C[C@H]3OC(C)(C)O[C@H]3[C@@H]2O1. The molecule has 3 fully saturated rings. The van der Waals surface area contributed by atoms with Crippen molar-refractivity contribution in [1.29, 1.82) is 0 Å². The molecule has 6 heteroatoms. The van der Waals surface area contributed by atoms with Crippen molar-refractivity contribution in [2.24, 2.45) is 5.92 Å². The summed E-state index contributed by atoms with van der Waals surface area (Å²) in [6.45, 7) is 14.9. The first-order valence-corrected chi connectivity index (χ1v) is 11.6. The van der Waals surface area contributed by atoms with Crippen LogP contribution in [0.3, 0.4) is 0 Å². The minimum absolute atomic E-state index is 0.0325. The molecule has 0 spiro atoms. The fourth-order valence-electron chi connectivity index (χ4n) is 5.35. The van der Waals surface area contributed by atoms with E-state index in [0.717, 1.165) is 39.3 Å². The predicted molar refractivity (Wildman–Crippen MR) is 118 cm³/mol. The molecule has 3 saturated heterocycles. The Morgan fingerprint density at radius 3 is 2.16 bits per heavy atom. The van der Waals surface area contributed by atoms with Gasteiger partial charge in [0.25, 0.3) is 0 Å². The van der Waals surface area contributed by atoms with Crippen molar-refractivity contribution in [3.63, 3.8) is 0 Å². The standard InChI is InChI=1S/C25H36N2O4/c1-24(2)28-17-20-19(14-21-23(22(20)30-24)31-25(3,4)29-21)16-27-12-10-26(11-13-27)15-18-8-6-5-7-9-18/h5-9,14,20-23H,10-13,15-17H2,1-4H3/t20-,21-,22-,23-/m1/s1. The summed E-state index contributed by atoms with van der Waals surface area (Å²) in [6.07, 6.45) is 2.13. The molecule has 0 unspecified atom stereocenters. The van der Waals surface area contributed by atoms with Gasteiger partial charge in [-0.3, -0.25) is 9.80 Å². The average molecular weight is 429 g/mol. The number of fused-ring (bicyclic) bond motifs is 3. The normalized spacial score (nSPS) is 35.3. The number of benzene rings is 1. The Morgan fingerprint density at radius 1 is 0.806 bits per heavy atom. The van der Waals surface area contributed by atoms with Crippen molar-refractivity contribution in [3.05, 3.63) is 47.5 Å². The number of ether oxygens (including phenoxy) is 4. The molecular weight excluding hydrogens is 392 g/mol. The third-order valence-corrected chi connectivity index (χ3v) is 6.89. The van der Waals surface area contributed by atoms with Crippen LogP contribution in [-0.4, -0.2) is 79.0 Å². The minimum atomic E-state index is -0.590. The second-order valence-electron chi connectivity index (χ2n) is 10.2. The molecule has 1 aromatic carbocycles. The highest BCUT2D eigenvalue weighted by molar-refractivity contribution is 5.23. The highest BCUT2D eigenvalue weighted by Crippen LogP contribution is 2.44. The average Bonchev–Trinajstić information content (AvgIpc) is 3.04. The van der Waals surface area contributed by atoms with Crippen molar-refractivity contribution >= 4 is 0 Å². The van der Waals surface area contributed by atoms with E-state index in [4.69, 9.17) is 18.9 Å². The molecule has 3 heterocycles. The van der Waals surface area contributed by atoms with Gasteiger partial charge < -0.3 is 18.9 Å². The van der Waals surface area contributed by atoms with Crippen LogP contribution in [0.2, 0.25) is 0 Å². The molecule has 4 atom stereocenters. The zero-order valence-corrected chi connectivity index (χ0v) is 19.3. The van der Waals surface area contributed by atoms with Gasteiger partial charge in [-0.05, 0) is 38.8 Å². The van der Waals surface area contributed by atoms with Gasteiger partial charge in [-0.25, -0.2) is 0 Å². The zero-order valence-electron chi connectivity index (χ0n) is 19.3. The van der Waals surface area contributed by atoms with Crippen LogP contribution in [0.15, 0.2) is 42.0 Å². The fraction of sp³-hybridized carbons (Fsp3) is 0.680. The summed E-state index contributed by atoms with van der Waals surface area (Å²) in [6, 6.07) is 10.8. The van der Waals surface area contributed by atoms with Crippen LogP contribution in [0, 0.1) is 5.92 Å². The Labute approximate surface area is 186 Å². The number of hydrogen-bond donors (Lipinski definition) is 0. The first-order valence-electron chi connectivity index (χ1n) is 11.6. The number of rotatable bonds is 4. The highest BCUT2D eigenvalue weighted by Gasteiger charge is 2.54. The second kappa shape index (κ2) is 8.25. The lowest BCUT2D eigenvalue weighted by atomic mass is 9.81. The van der Waals surface area contributed by atoms with E-state index < -0.39 is 11.6 Å². The smallest absolute Gasteiger partial charge is 0.164 e. The predicted octanol–water partition coefficient (Wildman–Crippen LogP) is 3.03. The molecule has 1 aliphatic carbocycles. The van der Waals surface area contributed by atoms with E-state index in [-0.39, 0.29) is 24.2 Å². The van der Waals surface area contributed by atoms with Gasteiger partial charge in [0.15, 0.2) is 11.6 Å². The molecule has 4 aliphatic rings. The summed E-state index contributed by atoms with van der Waals surface area (Å²) in [5.74, 6) is -0.956. The monoisotopic (exact) mass is 428 g/mol. The van der Waals surface area contributed by atoms with Crippen molar-refractivity contribution in [3.8, 4) is 0 Å². The Morgan fingerprint density at radius 2 is 1.45 bits per heavy atom. The first kappa shape index (κ1) is 21.6. The summed E-state index contributed by atoms with van der Waals surface area (Å²) in [5.41, 5.74) is 2.76. The quantitative estimate of drug-likeness (QED) is 0.687. The third kappa shape index (κ3) is 4.75. The zero-order chi connectivity index (χ0) is 21.6. The van der Waals surface area contributed by atoms with Gasteiger partial charge in [0.1, 0.15) is 12.2 Å². The van der Waals surface area contributed by atoms with Crippen molar-refractivity contribution in [2.75, 3.05) is 39.3 Å². The van der Waals surface area contributed by atoms with Gasteiger partial charge in [-0.15, -0.1) is 0 Å². The van der Waals surface area contributed by atoms with E-state index in [0.29, 0.717) is 6.61 Å². The first-order chi connectivity index (χ1) is 14.8. The third-order valence-electron chi connectivity index (χ3n) is 6.89. The molecule has 31 heavy (non-hydrogen) atoms. The van der Waals surface area contributed by atoms with Crippen LogP contribution < -0.4 is 0 Å². The topological polar surface area (TPSA) is 43.4 Å². The number of nitrogens with zero attached hydrogens (tertiary/aromatic N) is 2. The maximum Gasteiger partial charge on any atom is 0.164 e. The summed E-state index contributed by atoms with van der Waals surface area (Å²) in [4.78, 5) is 5.11. The Hall–Kier alpha value is -1.28. The van der Waals surface area contributed by atoms with Gasteiger partial charge in [0.2, 0.25) is 0 Å². The lowest BCUT2D eigenvalue weighted by Crippen LogP contribution is -2.57. The maximum absolute atomic E-state index is 6.39. The van der Waals surface area contributed by atoms with Gasteiger partial charge in [-0.2, -0.15) is 0 Å². The van der Waals surface area contributed by atoms with Crippen LogP contribution in [0.5, 0.6) is 0 Å². The largest absolute Gasteiger partial charge is 0.350 e. The van der Waals surface area contributed by atoms with E-state index in [1.807, 2.05) is 27.7 Å². The molecule has 5 rings (SSSR count). The lowest BCUT2D eigenvalue weighted by molar-refractivity contribution is -0.309. The van der Waals surface area contributed by atoms with Crippen LogP contribution in [0.25, 0.3) is 0 Å². The molecule has 3 aliphatic heterocycles. The van der Waals surface area contributed by atoms with Gasteiger partial charge in [0, 0.05) is 45.2 Å². The van der Waals surface area contributed by atoms with Crippen LogP contribution in [0.1, 0.15) is 33.3 Å². The van der Waals surface area contributed by atoms with Gasteiger partial charge in [-0.1, -0.05) is 36.4 Å². The van der Waals surface area contributed by atoms with Crippen LogP contribution in [-0.2, 0) is 25.5 Å². The Kier molecular flexibility index (Phi) is 5.74. The fourth-order valence-corrected chi connectivity index (χ4v) is 5.35. The van der Waals surface area contributed by atoms with E-state index >= 15 is 0 Å². The minimum Gasteiger partial charge on any atom is -0.350 e. The van der Waals surface area contributed by atoms with Crippen LogP contribution in [0.4, 0.5) is 0 Å². The number of hydrogen-bond acceptors (Lipinski definition) is 6. The van der Waals surface area contributed by atoms with Crippen molar-refractivity contribution in [1.82, 2.24) is 9.80 Å². The van der Waals surface area contributed by atoms with Gasteiger partial charge >= 0.3 is 0 Å². The number of piperazine rings is 1. The Bertz CT molecular complexity index is 801. The summed E-state index contributed by atoms with van der Waals surface area (Å²) < 4.78 is 24.9. The molecule has 0 amide bonds. The molecule has 0 saturated carbocycles. The second-order valence-corrected chi connectivity index (χ2v) is 10.2. The molecule has 170 valence electrons. The molecule has 6 nitrogen and oxygen atoms in total. The highest BCUT2D eigenvalue weighted by atomic mass is 16.8. The summed E-state index contributed by atoms with van der Waals surface area (Å²) >= 11 is 0. The molecular formula is C25H36N2O4. The van der Waals surface area contributed by atoms with E-state index in [2.05, 4.69) is 46.2 Å². The molecule has 0 bridgehead atoms. The molecule has 1 aromatic rings. The Balaban J connectivity index is 1.24.